The second kappa shape index (κ2) is 4.57. The van der Waals surface area contributed by atoms with Gasteiger partial charge in [0.25, 0.3) is 0 Å². The number of aromatic amines is 1. The lowest BCUT2D eigenvalue weighted by Crippen LogP contribution is -2.21. The molecule has 17 heavy (non-hydrogen) atoms. The van der Waals surface area contributed by atoms with E-state index in [1.807, 2.05) is 13.0 Å². The van der Waals surface area contributed by atoms with Gasteiger partial charge in [-0.3, -0.25) is 9.89 Å². The number of anilines is 1. The predicted molar refractivity (Wildman–Crippen MR) is 69.8 cm³/mol. The van der Waals surface area contributed by atoms with E-state index in [2.05, 4.69) is 35.0 Å². The molecule has 1 N–H and O–H groups in total. The zero-order valence-electron chi connectivity index (χ0n) is 10.4. The maximum Gasteiger partial charge on any atom is 0.168 e. The molecule has 0 spiro atoms. The van der Waals surface area contributed by atoms with Crippen LogP contribution < -0.4 is 4.90 Å². The van der Waals surface area contributed by atoms with Gasteiger partial charge >= 0.3 is 0 Å². The number of aldehydes is 1. The molecule has 0 aliphatic heterocycles. The van der Waals surface area contributed by atoms with Crippen LogP contribution in [0.25, 0.3) is 10.9 Å². The third kappa shape index (κ3) is 1.90. The summed E-state index contributed by atoms with van der Waals surface area (Å²) < 4.78 is 0. The molecule has 0 unspecified atom stereocenters. The van der Waals surface area contributed by atoms with Gasteiger partial charge in [-0.1, -0.05) is 0 Å². The minimum atomic E-state index is 0.553. The van der Waals surface area contributed by atoms with Gasteiger partial charge in [-0.05, 0) is 38.5 Å². The Labute approximate surface area is 101 Å². The largest absolute Gasteiger partial charge is 0.372 e. The van der Waals surface area contributed by atoms with Crippen LogP contribution in [-0.4, -0.2) is 29.6 Å². The van der Waals surface area contributed by atoms with Crippen molar-refractivity contribution in [2.75, 3.05) is 18.0 Å². The van der Waals surface area contributed by atoms with Crippen LogP contribution in [0.5, 0.6) is 0 Å². The first-order valence-corrected chi connectivity index (χ1v) is 5.90. The fourth-order valence-corrected chi connectivity index (χ4v) is 2.15. The fraction of sp³-hybridized carbons (Fsp3) is 0.385. The van der Waals surface area contributed by atoms with Crippen molar-refractivity contribution >= 4 is 22.9 Å². The molecule has 2 rings (SSSR count). The molecular weight excluding hydrogens is 214 g/mol. The average molecular weight is 231 g/mol. The number of H-pyrrole nitrogens is 1. The summed E-state index contributed by atoms with van der Waals surface area (Å²) in [5.41, 5.74) is 3.67. The maximum atomic E-state index is 10.9. The molecule has 0 amide bonds. The monoisotopic (exact) mass is 231 g/mol. The van der Waals surface area contributed by atoms with Crippen molar-refractivity contribution in [3.63, 3.8) is 0 Å². The van der Waals surface area contributed by atoms with Gasteiger partial charge in [0.2, 0.25) is 0 Å². The smallest absolute Gasteiger partial charge is 0.168 e. The molecule has 0 fully saturated rings. The molecule has 0 atom stereocenters. The summed E-state index contributed by atoms with van der Waals surface area (Å²) in [7, 11) is 0. The van der Waals surface area contributed by atoms with Crippen LogP contribution in [0.1, 0.15) is 29.9 Å². The van der Waals surface area contributed by atoms with Gasteiger partial charge in [-0.15, -0.1) is 0 Å². The molecule has 0 saturated carbocycles. The van der Waals surface area contributed by atoms with E-state index in [4.69, 9.17) is 0 Å². The number of nitrogens with one attached hydrogen (secondary N) is 1. The number of benzene rings is 1. The van der Waals surface area contributed by atoms with Crippen LogP contribution in [0, 0.1) is 6.92 Å². The first-order chi connectivity index (χ1) is 8.21. The lowest BCUT2D eigenvalue weighted by Gasteiger charge is -2.21. The van der Waals surface area contributed by atoms with E-state index >= 15 is 0 Å². The van der Waals surface area contributed by atoms with E-state index < -0.39 is 0 Å². The summed E-state index contributed by atoms with van der Waals surface area (Å²) >= 11 is 0. The van der Waals surface area contributed by atoms with E-state index in [1.165, 1.54) is 0 Å². The Morgan fingerprint density at radius 3 is 2.65 bits per heavy atom. The second-order valence-corrected chi connectivity index (χ2v) is 4.09. The molecular formula is C13H17N3O. The number of aromatic nitrogens is 2. The zero-order chi connectivity index (χ0) is 12.4. The molecule has 0 aliphatic rings. The van der Waals surface area contributed by atoms with Crippen LogP contribution in [0.2, 0.25) is 0 Å². The van der Waals surface area contributed by atoms with E-state index in [0.717, 1.165) is 41.5 Å². The van der Waals surface area contributed by atoms with Crippen LogP contribution >= 0.6 is 0 Å². The van der Waals surface area contributed by atoms with Crippen molar-refractivity contribution in [3.8, 4) is 0 Å². The molecule has 0 radical (unpaired) electrons. The number of aryl methyl sites for hydroxylation is 1. The van der Waals surface area contributed by atoms with E-state index in [9.17, 15) is 4.79 Å². The highest BCUT2D eigenvalue weighted by molar-refractivity contribution is 5.97. The first-order valence-electron chi connectivity index (χ1n) is 5.90. The Hall–Kier alpha value is -1.84. The molecule has 4 heteroatoms. The minimum absolute atomic E-state index is 0.553. The van der Waals surface area contributed by atoms with Crippen molar-refractivity contribution < 1.29 is 4.79 Å². The molecule has 1 heterocycles. The Morgan fingerprint density at radius 1 is 1.35 bits per heavy atom. The highest BCUT2D eigenvalue weighted by Gasteiger charge is 2.11. The Bertz CT molecular complexity index is 541. The van der Waals surface area contributed by atoms with Gasteiger partial charge in [0, 0.05) is 24.2 Å². The molecule has 2 aromatic rings. The molecule has 4 nitrogen and oxygen atoms in total. The molecule has 1 aromatic heterocycles. The van der Waals surface area contributed by atoms with E-state index in [0.29, 0.717) is 5.69 Å². The number of fused-ring (bicyclic) bond motifs is 1. The Morgan fingerprint density at radius 2 is 2.06 bits per heavy atom. The molecule has 0 saturated heterocycles. The van der Waals surface area contributed by atoms with Crippen LogP contribution in [0.3, 0.4) is 0 Å². The number of rotatable bonds is 4. The standard InChI is InChI=1S/C13H17N3O/c1-4-16(5-2)10-6-9(3)13-11(7-10)12(8-17)14-15-13/h6-8H,4-5H2,1-3H3,(H,14,15). The normalized spacial score (nSPS) is 10.8. The third-order valence-electron chi connectivity index (χ3n) is 3.11. The van der Waals surface area contributed by atoms with Gasteiger partial charge < -0.3 is 4.90 Å². The first kappa shape index (κ1) is 11.6. The number of carbonyl (C=O) groups excluding carboxylic acids is 1. The van der Waals surface area contributed by atoms with Crippen LogP contribution in [-0.2, 0) is 0 Å². The van der Waals surface area contributed by atoms with Gasteiger partial charge in [0.05, 0.1) is 5.52 Å². The van der Waals surface area contributed by atoms with Crippen molar-refractivity contribution in [1.82, 2.24) is 10.2 Å². The van der Waals surface area contributed by atoms with Gasteiger partial charge in [-0.2, -0.15) is 5.10 Å². The second-order valence-electron chi connectivity index (χ2n) is 4.09. The predicted octanol–water partition coefficient (Wildman–Crippen LogP) is 2.53. The summed E-state index contributed by atoms with van der Waals surface area (Å²) in [6.45, 7) is 8.17. The van der Waals surface area contributed by atoms with Crippen molar-refractivity contribution in [2.45, 2.75) is 20.8 Å². The zero-order valence-corrected chi connectivity index (χ0v) is 10.4. The lowest BCUT2D eigenvalue weighted by atomic mass is 10.1. The SMILES string of the molecule is CCN(CC)c1cc(C)c2n[nH]c(C=O)c2c1. The van der Waals surface area contributed by atoms with Gasteiger partial charge in [0.1, 0.15) is 5.69 Å². The number of hydrogen-bond acceptors (Lipinski definition) is 3. The molecule has 90 valence electrons. The quantitative estimate of drug-likeness (QED) is 0.822. The van der Waals surface area contributed by atoms with E-state index in [-0.39, 0.29) is 0 Å². The van der Waals surface area contributed by atoms with Crippen LogP contribution in [0.15, 0.2) is 12.1 Å². The van der Waals surface area contributed by atoms with Gasteiger partial charge in [-0.25, -0.2) is 0 Å². The van der Waals surface area contributed by atoms with Crippen molar-refractivity contribution in [3.05, 3.63) is 23.4 Å². The summed E-state index contributed by atoms with van der Waals surface area (Å²) in [6, 6.07) is 4.15. The summed E-state index contributed by atoms with van der Waals surface area (Å²) in [6.07, 6.45) is 0.820. The maximum absolute atomic E-state index is 10.9. The molecule has 1 aromatic carbocycles. The Balaban J connectivity index is 2.63. The minimum Gasteiger partial charge on any atom is -0.372 e. The highest BCUT2D eigenvalue weighted by atomic mass is 16.1. The number of hydrogen-bond donors (Lipinski definition) is 1. The van der Waals surface area contributed by atoms with Gasteiger partial charge in [0.15, 0.2) is 6.29 Å². The summed E-state index contributed by atoms with van der Waals surface area (Å²) in [4.78, 5) is 13.2. The molecule has 0 bridgehead atoms. The van der Waals surface area contributed by atoms with Crippen molar-refractivity contribution in [1.29, 1.82) is 0 Å². The third-order valence-corrected chi connectivity index (χ3v) is 3.11. The topological polar surface area (TPSA) is 49.0 Å². The fourth-order valence-electron chi connectivity index (χ4n) is 2.15. The number of nitrogens with zero attached hydrogens (tertiary/aromatic N) is 2. The Kier molecular flexibility index (Phi) is 3.13. The average Bonchev–Trinajstić information content (AvgIpc) is 2.74. The highest BCUT2D eigenvalue weighted by Crippen LogP contribution is 2.26. The van der Waals surface area contributed by atoms with Crippen molar-refractivity contribution in [2.24, 2.45) is 0 Å². The number of carbonyl (C=O) groups is 1. The summed E-state index contributed by atoms with van der Waals surface area (Å²) in [5.74, 6) is 0. The molecule has 0 aliphatic carbocycles. The van der Waals surface area contributed by atoms with Crippen LogP contribution in [0.4, 0.5) is 5.69 Å². The van der Waals surface area contributed by atoms with E-state index in [1.54, 1.807) is 0 Å². The lowest BCUT2D eigenvalue weighted by molar-refractivity contribution is 0.112. The summed E-state index contributed by atoms with van der Waals surface area (Å²) in [5, 5.41) is 7.84.